The third-order valence-corrected chi connectivity index (χ3v) is 4.63. The van der Waals surface area contributed by atoms with E-state index in [4.69, 9.17) is 0 Å². The molecule has 1 aromatic heterocycles. The van der Waals surface area contributed by atoms with Crippen LogP contribution in [-0.2, 0) is 11.2 Å². The molecule has 1 unspecified atom stereocenters. The van der Waals surface area contributed by atoms with Crippen LogP contribution >= 0.6 is 0 Å². The summed E-state index contributed by atoms with van der Waals surface area (Å²) < 4.78 is 13.3. The number of aromatic nitrogens is 2. The molecule has 0 aliphatic carbocycles. The lowest BCUT2D eigenvalue weighted by Crippen LogP contribution is -2.55. The summed E-state index contributed by atoms with van der Waals surface area (Å²) in [7, 11) is 1.67. The molecule has 1 aliphatic rings. The van der Waals surface area contributed by atoms with E-state index in [9.17, 15) is 14.3 Å². The normalized spacial score (nSPS) is 20.0. The van der Waals surface area contributed by atoms with Gasteiger partial charge in [0.15, 0.2) is 0 Å². The number of nitrogens with zero attached hydrogens (tertiary/aromatic N) is 4. The molecule has 0 spiro atoms. The molecule has 138 valence electrons. The lowest BCUT2D eigenvalue weighted by molar-refractivity contribution is -0.132. The number of piperidine rings is 1. The first-order valence-corrected chi connectivity index (χ1v) is 8.67. The second kappa shape index (κ2) is 7.78. The Morgan fingerprint density at radius 3 is 3.00 bits per heavy atom. The third-order valence-electron chi connectivity index (χ3n) is 4.63. The van der Waals surface area contributed by atoms with Crippen molar-refractivity contribution >= 4 is 11.7 Å². The molecule has 6 nitrogen and oxygen atoms in total. The van der Waals surface area contributed by atoms with E-state index in [0.29, 0.717) is 18.5 Å². The van der Waals surface area contributed by atoms with Gasteiger partial charge in [-0.05, 0) is 30.5 Å². The summed E-state index contributed by atoms with van der Waals surface area (Å²) >= 11 is 0. The maximum Gasteiger partial charge on any atom is 0.226 e. The highest BCUT2D eigenvalue weighted by atomic mass is 19.1. The molecule has 0 radical (unpaired) electrons. The van der Waals surface area contributed by atoms with Crippen molar-refractivity contribution in [1.82, 2.24) is 14.9 Å². The average Bonchev–Trinajstić information content (AvgIpc) is 2.62. The van der Waals surface area contributed by atoms with Gasteiger partial charge in [-0.1, -0.05) is 12.1 Å². The van der Waals surface area contributed by atoms with Crippen molar-refractivity contribution in [3.8, 4) is 0 Å². The molecule has 1 aromatic carbocycles. The van der Waals surface area contributed by atoms with Crippen molar-refractivity contribution in [1.29, 1.82) is 0 Å². The average molecular weight is 358 g/mol. The van der Waals surface area contributed by atoms with Crippen LogP contribution in [0.3, 0.4) is 0 Å². The lowest BCUT2D eigenvalue weighted by Gasteiger charge is -2.41. The summed E-state index contributed by atoms with van der Waals surface area (Å²) in [5.74, 6) is 0.212. The minimum absolute atomic E-state index is 0.109. The number of anilines is 1. The fraction of sp³-hybridized carbons (Fsp3) is 0.421. The van der Waals surface area contributed by atoms with E-state index >= 15 is 0 Å². The SMILES string of the molecule is CN(CC1(O)CCCN(c2cnccn2)C1)C(=O)Cc1cccc(F)c1. The van der Waals surface area contributed by atoms with Crippen LogP contribution < -0.4 is 4.90 Å². The number of carbonyl (C=O) groups excluding carboxylic acids is 1. The van der Waals surface area contributed by atoms with Crippen molar-refractivity contribution in [2.75, 3.05) is 31.6 Å². The van der Waals surface area contributed by atoms with Gasteiger partial charge >= 0.3 is 0 Å². The Balaban J connectivity index is 1.61. The van der Waals surface area contributed by atoms with Gasteiger partial charge < -0.3 is 14.9 Å². The highest BCUT2D eigenvalue weighted by Crippen LogP contribution is 2.25. The molecule has 1 aliphatic heterocycles. The zero-order chi connectivity index (χ0) is 18.6. The van der Waals surface area contributed by atoms with Gasteiger partial charge in [0.2, 0.25) is 5.91 Å². The third kappa shape index (κ3) is 4.54. The van der Waals surface area contributed by atoms with Crippen molar-refractivity contribution in [3.63, 3.8) is 0 Å². The number of hydrogen-bond donors (Lipinski definition) is 1. The van der Waals surface area contributed by atoms with Crippen molar-refractivity contribution in [3.05, 3.63) is 54.2 Å². The summed E-state index contributed by atoms with van der Waals surface area (Å²) in [4.78, 5) is 24.3. The number of halogens is 1. The first-order chi connectivity index (χ1) is 12.5. The summed E-state index contributed by atoms with van der Waals surface area (Å²) in [6, 6.07) is 6.02. The first kappa shape index (κ1) is 18.3. The molecule has 1 atom stereocenters. The van der Waals surface area contributed by atoms with Crippen LogP contribution in [0.4, 0.5) is 10.2 Å². The number of β-amino-alcohol motifs (C(OH)–C–C–N with tert-alkyl or cyclic N) is 1. The van der Waals surface area contributed by atoms with Crippen LogP contribution in [0.15, 0.2) is 42.9 Å². The van der Waals surface area contributed by atoms with Gasteiger partial charge in [-0.15, -0.1) is 0 Å². The topological polar surface area (TPSA) is 69.6 Å². The minimum Gasteiger partial charge on any atom is -0.386 e. The van der Waals surface area contributed by atoms with Crippen LogP contribution in [0, 0.1) is 5.82 Å². The van der Waals surface area contributed by atoms with Crippen LogP contribution in [0.2, 0.25) is 0 Å². The molecule has 26 heavy (non-hydrogen) atoms. The Hall–Kier alpha value is -2.54. The number of carbonyl (C=O) groups is 1. The Bertz CT molecular complexity index is 758. The molecule has 1 N–H and O–H groups in total. The van der Waals surface area contributed by atoms with Gasteiger partial charge in [0.05, 0.1) is 24.8 Å². The molecule has 2 aromatic rings. The number of likely N-dealkylation sites (N-methyl/N-ethyl adjacent to an activating group) is 1. The fourth-order valence-electron chi connectivity index (χ4n) is 3.38. The predicted octanol–water partition coefficient (Wildman–Crippen LogP) is 1.65. The summed E-state index contributed by atoms with van der Waals surface area (Å²) in [5.41, 5.74) is -0.388. The fourth-order valence-corrected chi connectivity index (χ4v) is 3.38. The van der Waals surface area contributed by atoms with E-state index in [1.165, 1.54) is 17.0 Å². The largest absolute Gasteiger partial charge is 0.386 e. The van der Waals surface area contributed by atoms with E-state index < -0.39 is 5.60 Å². The minimum atomic E-state index is -1.01. The Labute approximate surface area is 152 Å². The molecule has 1 amide bonds. The molecule has 3 rings (SSSR count). The maximum absolute atomic E-state index is 13.3. The first-order valence-electron chi connectivity index (χ1n) is 8.67. The van der Waals surface area contributed by atoms with Crippen molar-refractivity contribution in [2.24, 2.45) is 0 Å². The summed E-state index contributed by atoms with van der Waals surface area (Å²) in [6.45, 7) is 1.41. The van der Waals surface area contributed by atoms with Gasteiger partial charge in [0.25, 0.3) is 0 Å². The Morgan fingerprint density at radius 1 is 1.42 bits per heavy atom. The molecular formula is C19H23FN4O2. The number of amides is 1. The highest BCUT2D eigenvalue weighted by molar-refractivity contribution is 5.78. The van der Waals surface area contributed by atoms with E-state index in [0.717, 1.165) is 18.8 Å². The Kier molecular flexibility index (Phi) is 5.46. The summed E-state index contributed by atoms with van der Waals surface area (Å²) in [5, 5.41) is 11.0. The number of hydrogen-bond acceptors (Lipinski definition) is 5. The zero-order valence-corrected chi connectivity index (χ0v) is 14.8. The van der Waals surface area contributed by atoms with Gasteiger partial charge in [0.1, 0.15) is 11.6 Å². The second-order valence-corrected chi connectivity index (χ2v) is 6.87. The molecule has 0 saturated carbocycles. The number of rotatable bonds is 5. The van der Waals surface area contributed by atoms with Gasteiger partial charge in [-0.25, -0.2) is 9.37 Å². The monoisotopic (exact) mass is 358 g/mol. The quantitative estimate of drug-likeness (QED) is 0.880. The molecular weight excluding hydrogens is 335 g/mol. The van der Waals surface area contributed by atoms with Crippen LogP contribution in [0.25, 0.3) is 0 Å². The van der Waals surface area contributed by atoms with Crippen LogP contribution in [0.5, 0.6) is 0 Å². The van der Waals surface area contributed by atoms with Crippen LogP contribution in [0.1, 0.15) is 18.4 Å². The van der Waals surface area contributed by atoms with Gasteiger partial charge in [-0.2, -0.15) is 0 Å². The molecule has 1 fully saturated rings. The highest BCUT2D eigenvalue weighted by Gasteiger charge is 2.35. The summed E-state index contributed by atoms with van der Waals surface area (Å²) in [6.07, 6.45) is 6.43. The Morgan fingerprint density at radius 2 is 2.27 bits per heavy atom. The molecule has 2 heterocycles. The lowest BCUT2D eigenvalue weighted by atomic mass is 9.92. The van der Waals surface area contributed by atoms with E-state index in [1.807, 2.05) is 4.90 Å². The van der Waals surface area contributed by atoms with Gasteiger partial charge in [0, 0.05) is 32.5 Å². The standard InChI is InChI=1S/C19H23FN4O2/c1-23(18(25)11-15-4-2-5-16(20)10-15)13-19(26)6-3-9-24(14-19)17-12-21-7-8-22-17/h2,4-5,7-8,10,12,26H,3,6,9,11,13-14H2,1H3. The number of aliphatic hydroxyl groups is 1. The molecule has 7 heteroatoms. The predicted molar refractivity (Wildman–Crippen MR) is 96.2 cm³/mol. The van der Waals surface area contributed by atoms with Crippen molar-refractivity contribution in [2.45, 2.75) is 24.9 Å². The van der Waals surface area contributed by atoms with E-state index in [-0.39, 0.29) is 24.7 Å². The van der Waals surface area contributed by atoms with E-state index in [2.05, 4.69) is 9.97 Å². The molecule has 1 saturated heterocycles. The zero-order valence-electron chi connectivity index (χ0n) is 14.8. The second-order valence-electron chi connectivity index (χ2n) is 6.87. The van der Waals surface area contributed by atoms with E-state index in [1.54, 1.807) is 37.8 Å². The van der Waals surface area contributed by atoms with Crippen LogP contribution in [-0.4, -0.2) is 58.2 Å². The smallest absolute Gasteiger partial charge is 0.226 e. The number of benzene rings is 1. The van der Waals surface area contributed by atoms with Gasteiger partial charge in [-0.3, -0.25) is 9.78 Å². The van der Waals surface area contributed by atoms with Crippen molar-refractivity contribution < 1.29 is 14.3 Å². The molecule has 0 bridgehead atoms. The maximum atomic E-state index is 13.3.